The highest BCUT2D eigenvalue weighted by molar-refractivity contribution is 14.1. The summed E-state index contributed by atoms with van der Waals surface area (Å²) in [5.74, 6) is -0.216. The first-order valence-electron chi connectivity index (χ1n) is 5.45. The predicted molar refractivity (Wildman–Crippen MR) is 81.3 cm³/mol. The van der Waals surface area contributed by atoms with E-state index in [9.17, 15) is 4.39 Å². The van der Waals surface area contributed by atoms with Crippen molar-refractivity contribution in [2.75, 3.05) is 0 Å². The summed E-state index contributed by atoms with van der Waals surface area (Å²) < 4.78 is 14.2. The Bertz CT molecular complexity index is 535. The van der Waals surface area contributed by atoms with Gasteiger partial charge in [0.1, 0.15) is 5.82 Å². The SMILES string of the molecule is Cc1cc(C(N)c2ccc(I)c(Cl)c2)ccc1F. The Morgan fingerprint density at radius 1 is 1.17 bits per heavy atom. The number of aryl methyl sites for hydroxylation is 1. The Balaban J connectivity index is 2.37. The molecule has 0 spiro atoms. The van der Waals surface area contributed by atoms with Gasteiger partial charge in [-0.2, -0.15) is 0 Å². The summed E-state index contributed by atoms with van der Waals surface area (Å²) in [6, 6.07) is 10.3. The lowest BCUT2D eigenvalue weighted by molar-refractivity contribution is 0.617. The molecular weight excluding hydrogens is 364 g/mol. The molecule has 1 unspecified atom stereocenters. The molecule has 0 radical (unpaired) electrons. The van der Waals surface area contributed by atoms with E-state index in [4.69, 9.17) is 17.3 Å². The van der Waals surface area contributed by atoms with Crippen LogP contribution in [0.15, 0.2) is 36.4 Å². The van der Waals surface area contributed by atoms with Crippen LogP contribution in [0.3, 0.4) is 0 Å². The van der Waals surface area contributed by atoms with E-state index in [1.807, 2.05) is 18.2 Å². The number of nitrogens with two attached hydrogens (primary N) is 1. The van der Waals surface area contributed by atoms with Crippen molar-refractivity contribution in [3.8, 4) is 0 Å². The number of hydrogen-bond acceptors (Lipinski definition) is 1. The molecule has 0 saturated heterocycles. The zero-order chi connectivity index (χ0) is 13.3. The third kappa shape index (κ3) is 2.84. The van der Waals surface area contributed by atoms with Crippen LogP contribution in [0.5, 0.6) is 0 Å². The normalized spacial score (nSPS) is 12.5. The van der Waals surface area contributed by atoms with Gasteiger partial charge in [0.25, 0.3) is 0 Å². The van der Waals surface area contributed by atoms with Crippen molar-refractivity contribution in [1.29, 1.82) is 0 Å². The van der Waals surface area contributed by atoms with E-state index in [0.717, 1.165) is 14.7 Å². The molecule has 0 aliphatic rings. The second kappa shape index (κ2) is 5.55. The first-order valence-corrected chi connectivity index (χ1v) is 6.91. The third-order valence-electron chi connectivity index (χ3n) is 2.84. The zero-order valence-corrected chi connectivity index (χ0v) is 12.7. The largest absolute Gasteiger partial charge is 0.320 e. The fraction of sp³-hybridized carbons (Fsp3) is 0.143. The van der Waals surface area contributed by atoms with Crippen LogP contribution in [0.4, 0.5) is 4.39 Å². The topological polar surface area (TPSA) is 26.0 Å². The number of benzene rings is 2. The molecule has 4 heteroatoms. The lowest BCUT2D eigenvalue weighted by Gasteiger charge is -2.14. The molecule has 1 nitrogen and oxygen atoms in total. The van der Waals surface area contributed by atoms with E-state index in [-0.39, 0.29) is 11.9 Å². The Morgan fingerprint density at radius 2 is 1.78 bits per heavy atom. The van der Waals surface area contributed by atoms with Crippen LogP contribution < -0.4 is 5.73 Å². The summed E-state index contributed by atoms with van der Waals surface area (Å²) in [6.45, 7) is 1.73. The molecule has 0 amide bonds. The Morgan fingerprint density at radius 3 is 2.39 bits per heavy atom. The van der Waals surface area contributed by atoms with Gasteiger partial charge in [0.15, 0.2) is 0 Å². The first kappa shape index (κ1) is 13.8. The Hall–Kier alpha value is -0.650. The van der Waals surface area contributed by atoms with Gasteiger partial charge in [0.05, 0.1) is 11.1 Å². The molecule has 0 bridgehead atoms. The summed E-state index contributed by atoms with van der Waals surface area (Å²) in [6.07, 6.45) is 0. The van der Waals surface area contributed by atoms with Crippen molar-refractivity contribution in [1.82, 2.24) is 0 Å². The van der Waals surface area contributed by atoms with Crippen molar-refractivity contribution < 1.29 is 4.39 Å². The molecule has 2 rings (SSSR count). The summed E-state index contributed by atoms with van der Waals surface area (Å²) in [4.78, 5) is 0. The standard InChI is InChI=1S/C14H12ClFIN/c1-8-6-9(2-4-12(8)16)14(18)10-3-5-13(17)11(15)7-10/h2-7,14H,18H2,1H3. The van der Waals surface area contributed by atoms with Gasteiger partial charge < -0.3 is 5.73 Å². The van der Waals surface area contributed by atoms with Crippen LogP contribution >= 0.6 is 34.2 Å². The summed E-state index contributed by atoms with van der Waals surface area (Å²) >= 11 is 8.25. The van der Waals surface area contributed by atoms with Crippen molar-refractivity contribution in [3.63, 3.8) is 0 Å². The van der Waals surface area contributed by atoms with E-state index in [1.54, 1.807) is 19.1 Å². The van der Waals surface area contributed by atoms with Crippen molar-refractivity contribution in [2.45, 2.75) is 13.0 Å². The van der Waals surface area contributed by atoms with Crippen LogP contribution in [0.25, 0.3) is 0 Å². The lowest BCUT2D eigenvalue weighted by atomic mass is 9.98. The fourth-order valence-corrected chi connectivity index (χ4v) is 2.28. The Labute approximate surface area is 124 Å². The molecule has 2 N–H and O–H groups in total. The zero-order valence-electron chi connectivity index (χ0n) is 9.75. The van der Waals surface area contributed by atoms with E-state index < -0.39 is 0 Å². The summed E-state index contributed by atoms with van der Waals surface area (Å²) in [5, 5.41) is 0.683. The quantitative estimate of drug-likeness (QED) is 0.772. The third-order valence-corrected chi connectivity index (χ3v) is 4.42. The van der Waals surface area contributed by atoms with Crippen molar-refractivity contribution in [3.05, 3.63) is 67.5 Å². The molecule has 0 aromatic heterocycles. The highest BCUT2D eigenvalue weighted by Crippen LogP contribution is 2.26. The number of hydrogen-bond donors (Lipinski definition) is 1. The van der Waals surface area contributed by atoms with Crippen molar-refractivity contribution in [2.24, 2.45) is 5.73 Å². The average molecular weight is 376 g/mol. The molecule has 0 saturated carbocycles. The van der Waals surface area contributed by atoms with Crippen LogP contribution in [-0.4, -0.2) is 0 Å². The van der Waals surface area contributed by atoms with E-state index in [0.29, 0.717) is 10.6 Å². The van der Waals surface area contributed by atoms with Gasteiger partial charge in [-0.05, 0) is 64.4 Å². The van der Waals surface area contributed by atoms with Gasteiger partial charge in [-0.15, -0.1) is 0 Å². The Kier molecular flexibility index (Phi) is 4.25. The minimum atomic E-state index is -0.293. The smallest absolute Gasteiger partial charge is 0.126 e. The van der Waals surface area contributed by atoms with Gasteiger partial charge in [-0.3, -0.25) is 0 Å². The molecular formula is C14H12ClFIN. The van der Waals surface area contributed by atoms with Gasteiger partial charge in [-0.25, -0.2) is 4.39 Å². The second-order valence-corrected chi connectivity index (χ2v) is 5.73. The van der Waals surface area contributed by atoms with E-state index in [2.05, 4.69) is 22.6 Å². The lowest BCUT2D eigenvalue weighted by Crippen LogP contribution is -2.12. The molecule has 94 valence electrons. The monoisotopic (exact) mass is 375 g/mol. The van der Waals surface area contributed by atoms with Crippen molar-refractivity contribution >= 4 is 34.2 Å². The van der Waals surface area contributed by atoms with Gasteiger partial charge in [0.2, 0.25) is 0 Å². The fourth-order valence-electron chi connectivity index (χ4n) is 1.76. The molecule has 2 aromatic carbocycles. The highest BCUT2D eigenvalue weighted by atomic mass is 127. The molecule has 0 heterocycles. The molecule has 1 atom stereocenters. The summed E-state index contributed by atoms with van der Waals surface area (Å²) in [5.41, 5.74) is 8.57. The maximum atomic E-state index is 13.2. The molecule has 0 aliphatic carbocycles. The predicted octanol–water partition coefficient (Wildman–Crippen LogP) is 4.44. The van der Waals surface area contributed by atoms with E-state index >= 15 is 0 Å². The maximum absolute atomic E-state index is 13.2. The molecule has 0 aliphatic heterocycles. The summed E-state index contributed by atoms with van der Waals surface area (Å²) in [7, 11) is 0. The second-order valence-electron chi connectivity index (χ2n) is 4.16. The minimum absolute atomic E-state index is 0.216. The van der Waals surface area contributed by atoms with Crippen LogP contribution in [-0.2, 0) is 0 Å². The van der Waals surface area contributed by atoms with Crippen LogP contribution in [0.2, 0.25) is 5.02 Å². The number of halogens is 3. The van der Waals surface area contributed by atoms with Gasteiger partial charge in [0, 0.05) is 3.57 Å². The minimum Gasteiger partial charge on any atom is -0.320 e. The van der Waals surface area contributed by atoms with E-state index in [1.165, 1.54) is 6.07 Å². The van der Waals surface area contributed by atoms with Gasteiger partial charge >= 0.3 is 0 Å². The maximum Gasteiger partial charge on any atom is 0.126 e. The molecule has 0 fully saturated rings. The molecule has 2 aromatic rings. The highest BCUT2D eigenvalue weighted by Gasteiger charge is 2.11. The molecule has 18 heavy (non-hydrogen) atoms. The first-order chi connectivity index (χ1) is 8.49. The average Bonchev–Trinajstić information content (AvgIpc) is 2.35. The van der Waals surface area contributed by atoms with Crippen LogP contribution in [0.1, 0.15) is 22.7 Å². The van der Waals surface area contributed by atoms with Gasteiger partial charge in [-0.1, -0.05) is 29.8 Å². The van der Waals surface area contributed by atoms with Crippen LogP contribution in [0, 0.1) is 16.3 Å². The number of rotatable bonds is 2.